The lowest BCUT2D eigenvalue weighted by Crippen LogP contribution is -2.30. The van der Waals surface area contributed by atoms with Gasteiger partial charge in [0.2, 0.25) is 0 Å². The maximum absolute atomic E-state index is 10.5. The minimum atomic E-state index is -0.725. The van der Waals surface area contributed by atoms with E-state index in [9.17, 15) is 19.2 Å². The topological polar surface area (TPSA) is 392 Å². The Balaban J connectivity index is -0.0000000614. The molecule has 0 spiro atoms. The number of terminal acetylenes is 2. The van der Waals surface area contributed by atoms with E-state index in [0.29, 0.717) is 87.2 Å². The highest BCUT2D eigenvalue weighted by Crippen LogP contribution is 2.19. The quantitative estimate of drug-likeness (QED) is 0.0116. The normalized spacial score (nSPS) is 10.4. The molecule has 0 unspecified atom stereocenters. The van der Waals surface area contributed by atoms with Crippen LogP contribution in [-0.2, 0) is 19.1 Å². The summed E-state index contributed by atoms with van der Waals surface area (Å²) in [5, 5.41) is 65.8. The summed E-state index contributed by atoms with van der Waals surface area (Å²) in [6, 6.07) is 0.208. The molecule has 0 saturated carbocycles. The van der Waals surface area contributed by atoms with Gasteiger partial charge in [0, 0.05) is 71.7 Å². The van der Waals surface area contributed by atoms with E-state index in [2.05, 4.69) is 320 Å². The van der Waals surface area contributed by atoms with Gasteiger partial charge in [0.05, 0.1) is 25.7 Å². The summed E-state index contributed by atoms with van der Waals surface area (Å²) in [5.41, 5.74) is 25.8. The minimum Gasteiger partial charge on any atom is -0.481 e. The molecule has 21 N–H and O–H groups in total. The summed E-state index contributed by atoms with van der Waals surface area (Å²) in [4.78, 5) is 42.4. The van der Waals surface area contributed by atoms with Crippen molar-refractivity contribution >= 4 is 24.1 Å². The van der Waals surface area contributed by atoms with E-state index in [1.165, 1.54) is 51.6 Å². The zero-order valence-corrected chi connectivity index (χ0v) is 105. The molecule has 2 amide bonds. The third-order valence-electron chi connectivity index (χ3n) is 17.0. The van der Waals surface area contributed by atoms with Gasteiger partial charge in [0.25, 0.3) is 0 Å². The third kappa shape index (κ3) is 397. The van der Waals surface area contributed by atoms with E-state index in [0.717, 1.165) is 220 Å². The van der Waals surface area contributed by atoms with Crippen molar-refractivity contribution in [2.45, 2.75) is 471 Å². The highest BCUT2D eigenvalue weighted by Gasteiger charge is 2.14. The van der Waals surface area contributed by atoms with Gasteiger partial charge in [0.15, 0.2) is 0 Å². The number of allylic oxidation sites excluding steroid dienone is 1. The molecule has 142 heavy (non-hydrogen) atoms. The zero-order valence-electron chi connectivity index (χ0n) is 105. The van der Waals surface area contributed by atoms with Crippen LogP contribution in [0.4, 0.5) is 4.79 Å². The van der Waals surface area contributed by atoms with E-state index < -0.39 is 18.1 Å². The first-order chi connectivity index (χ1) is 65.3. The van der Waals surface area contributed by atoms with Gasteiger partial charge in [-0.1, -0.05) is 317 Å². The molecule has 0 fully saturated rings. The van der Waals surface area contributed by atoms with Crippen LogP contribution >= 0.6 is 0 Å². The molecule has 0 aromatic rings. The molecule has 1 atom stereocenters. The summed E-state index contributed by atoms with van der Waals surface area (Å²) < 4.78 is 4.86. The van der Waals surface area contributed by atoms with Gasteiger partial charge in [-0.2, -0.15) is 0 Å². The van der Waals surface area contributed by atoms with Crippen LogP contribution in [0.1, 0.15) is 459 Å². The molecule has 874 valence electrons. The number of ether oxygens (including phenoxy) is 1. The van der Waals surface area contributed by atoms with Crippen LogP contribution in [0.25, 0.3) is 0 Å². The second-order valence-electron chi connectivity index (χ2n) is 46.3. The number of urea groups is 1. The van der Waals surface area contributed by atoms with Crippen molar-refractivity contribution in [3.8, 4) is 24.7 Å². The largest absolute Gasteiger partial charge is 0.481 e. The van der Waals surface area contributed by atoms with Gasteiger partial charge >= 0.3 is 12.0 Å². The first-order valence-corrected chi connectivity index (χ1v) is 55.8. The van der Waals surface area contributed by atoms with Crippen LogP contribution in [-0.4, -0.2) is 212 Å². The predicted molar refractivity (Wildman–Crippen MR) is 642 cm³/mol. The number of aliphatic carboxylic acids is 1. The highest BCUT2D eigenvalue weighted by atomic mass is 16.5. The number of hydrogen-bond acceptors (Lipinski definition) is 19. The third-order valence-corrected chi connectivity index (χ3v) is 17.0. The van der Waals surface area contributed by atoms with E-state index in [1.54, 1.807) is 14.0 Å². The number of carbonyl (C=O) groups excluding carboxylic acids is 3. The summed E-state index contributed by atoms with van der Waals surface area (Å²) in [5.74, 6) is 17.0. The molecule has 0 rings (SSSR count). The van der Waals surface area contributed by atoms with Crippen LogP contribution < -0.4 is 55.3 Å². The minimum absolute atomic E-state index is 0.0775. The number of ketones is 1. The van der Waals surface area contributed by atoms with Gasteiger partial charge in [0.1, 0.15) is 12.1 Å². The van der Waals surface area contributed by atoms with Crippen LogP contribution in [0.5, 0.6) is 0 Å². The Morgan fingerprint density at radius 3 is 0.887 bits per heavy atom. The summed E-state index contributed by atoms with van der Waals surface area (Å²) in [6.07, 6.45) is 36.1. The van der Waals surface area contributed by atoms with E-state index >= 15 is 0 Å². The summed E-state index contributed by atoms with van der Waals surface area (Å²) in [6.45, 7) is 113. The fraction of sp³-hybridized carbons (Fsp3) is 0.917. The lowest BCUT2D eigenvalue weighted by Gasteiger charge is -2.14. The number of hydrogen-bond donors (Lipinski definition) is 16. The van der Waals surface area contributed by atoms with Gasteiger partial charge in [-0.05, 0) is 314 Å². The van der Waals surface area contributed by atoms with Crippen molar-refractivity contribution in [3.05, 3.63) is 12.7 Å². The molecular weight excluding hydrogens is 1770 g/mol. The van der Waals surface area contributed by atoms with Crippen molar-refractivity contribution in [1.82, 2.24) is 31.5 Å². The fourth-order valence-electron chi connectivity index (χ4n) is 8.67. The van der Waals surface area contributed by atoms with Gasteiger partial charge in [-0.15, -0.1) is 31.3 Å². The maximum atomic E-state index is 10.5. The van der Waals surface area contributed by atoms with Crippen LogP contribution in [0.2, 0.25) is 0 Å². The highest BCUT2D eigenvalue weighted by molar-refractivity contribution is 5.76. The molecular formula is C120H273N11O11. The summed E-state index contributed by atoms with van der Waals surface area (Å²) in [7, 11) is 7.94. The first kappa shape index (κ1) is 186. The lowest BCUT2D eigenvalue weighted by molar-refractivity contribution is -0.139. The average molecular weight is 2050 g/mol. The fourth-order valence-corrected chi connectivity index (χ4v) is 8.67. The zero-order chi connectivity index (χ0) is 117. The van der Waals surface area contributed by atoms with Crippen LogP contribution in [0, 0.1) is 136 Å². The number of carboxylic acids is 1. The monoisotopic (exact) mass is 2050 g/mol. The molecule has 0 heterocycles. The Kier molecular flexibility index (Phi) is 207. The lowest BCUT2D eigenvalue weighted by atomic mass is 9.91. The Labute approximate surface area is 893 Å². The number of nitrogens with one attached hydrogen (secondary N) is 5. The number of carbonyl (C=O) groups is 4. The van der Waals surface area contributed by atoms with Crippen LogP contribution in [0.15, 0.2) is 12.7 Å². The molecule has 0 bridgehead atoms. The molecule has 0 aromatic carbocycles. The van der Waals surface area contributed by atoms with Crippen molar-refractivity contribution in [2.75, 3.05) is 140 Å². The molecule has 22 nitrogen and oxygen atoms in total. The standard InChI is InChI=1S/C8H19N.C7H17NO.2C7H17N.C7H14O.C6H14N2O.C6H15N.C6H12O2.C6H14O2.2C6H14O.C6H12.2C6H10.4C5H13N.C5H12O.C5H10O/c1-7(2)5-6-9-8(3)4;1-3-4-5-8-6-7-9-2;1-7(2)5-6-8(3)4;1-4-8-6-5-7(2)3;1-6(8)5-7(2,3)4;1-5(2)3-4-8-6(7)9;1-6(2)4-5-7-3;1-6(2,3)4-5(7)8;1-5(2)3-6(8)4-7;2*1-6(2)4-3-5-7;3*1-4-5-6(2)3;6*1-5(2)3-4-6/h7-9H,5-6H2,1-4H3;8H,3-7H2,1-2H3;7H,5-6H2,1-4H3;7-8H,4-6H2,1-3H3;5H2,1-4H3;5H,3-4H2,1-2H3,(H3,7,8,9);6-7H,4-5H2,1-3H3;4H2,1-3H3,(H,7,8);5-8H,3-4H2,1-2H3;2*6-7H,3-5H2,1-2H3;4,6H,1,5H2,2-3H3;2*1,6H,5H2,2-3H3;4*5H,3-4,6H2,1-2H3;5-6H,3-4H2,1-2H3;4-5H,3H2,1-2H3/t;;;;;;;;6-;;;;;;;;;;;/m........0.........../s1. The molecule has 0 aliphatic heterocycles. The van der Waals surface area contributed by atoms with Crippen LogP contribution in [0.3, 0.4) is 0 Å². The van der Waals surface area contributed by atoms with Gasteiger partial charge < -0.3 is 105 Å². The average Bonchev–Trinajstić information content (AvgIpc) is 0.975. The number of methoxy groups -OCH3 is 1. The van der Waals surface area contributed by atoms with Crippen molar-refractivity contribution in [3.63, 3.8) is 0 Å². The number of primary amides is 1. The molecule has 0 aromatic heterocycles. The SMILES string of the molecule is C#CCC(C)C.C#CCC(C)C.C=CCC(C)C.CC(=O)CC(C)(C)C.CC(C)(C)CC(=O)O.CC(C)CC=O.CC(C)CCCO.CC(C)CCCO.CC(C)CCN.CC(C)CCN.CC(C)CCN.CC(C)CCN.CC(C)CCN(C)C.CC(C)CCNC(C)C.CC(C)CCNC(N)=O.CC(C)CCO.CC(C)C[C@H](O)CO.CCCCNCCOC.CCNCCC(C)C.CNCCC(C)C. The number of nitrogens with two attached hydrogens (primary N) is 5. The van der Waals surface area contributed by atoms with Crippen molar-refractivity contribution in [2.24, 2.45) is 140 Å². The number of rotatable bonds is 50. The Hall–Kier alpha value is -3.66. The van der Waals surface area contributed by atoms with E-state index in [4.69, 9.17) is 76.9 Å². The van der Waals surface area contributed by atoms with E-state index in [-0.39, 0.29) is 29.6 Å². The summed E-state index contributed by atoms with van der Waals surface area (Å²) >= 11 is 0. The second kappa shape index (κ2) is 157. The number of nitrogens with zero attached hydrogens (tertiary/aromatic N) is 1. The number of unbranched alkanes of at least 4 members (excludes halogenated alkanes) is 1. The van der Waals surface area contributed by atoms with Crippen molar-refractivity contribution < 1.29 is 54.6 Å². The molecule has 0 aliphatic rings. The molecule has 0 saturated heterocycles. The molecule has 22 heteroatoms. The number of aliphatic hydroxyl groups excluding tert-OH is 5. The second-order valence-corrected chi connectivity index (χ2v) is 46.3. The number of aldehydes is 1. The first-order valence-electron chi connectivity index (χ1n) is 55.8. The number of carboxylic acid groups (broad SMARTS) is 1. The Morgan fingerprint density at radius 1 is 0.430 bits per heavy atom. The maximum Gasteiger partial charge on any atom is 0.312 e. The van der Waals surface area contributed by atoms with Gasteiger partial charge in [-0.25, -0.2) is 4.79 Å². The number of amides is 2. The number of aliphatic hydroxyl groups is 5. The Bertz CT molecular complexity index is 2090. The van der Waals surface area contributed by atoms with Gasteiger partial charge in [-0.3, -0.25) is 4.79 Å². The Morgan fingerprint density at radius 2 is 0.761 bits per heavy atom. The molecule has 0 aliphatic carbocycles. The smallest absolute Gasteiger partial charge is 0.312 e. The number of Topliss-reactive ketones (excluding diaryl/α,β-unsaturated/α-hetero) is 1. The van der Waals surface area contributed by atoms with Crippen molar-refractivity contribution in [1.29, 1.82) is 0 Å². The molecule has 0 radical (unpaired) electrons. The predicted octanol–water partition coefficient (Wildman–Crippen LogP) is 26.7. The van der Waals surface area contributed by atoms with E-state index in [1.807, 2.05) is 61.6 Å².